The Balaban J connectivity index is 2.20. The molecular formula is C18H22OSi. The minimum atomic E-state index is -1.54. The summed E-state index contributed by atoms with van der Waals surface area (Å²) in [6, 6.07) is 16.7. The van der Waals surface area contributed by atoms with Crippen LogP contribution in [0, 0.1) is 6.92 Å². The zero-order chi connectivity index (χ0) is 14.8. The fourth-order valence-corrected chi connectivity index (χ4v) is 2.92. The van der Waals surface area contributed by atoms with Crippen molar-refractivity contribution >= 4 is 13.9 Å². The smallest absolute Gasteiger partial charge is 0.242 e. The van der Waals surface area contributed by atoms with E-state index in [9.17, 15) is 0 Å². The highest BCUT2D eigenvalue weighted by Gasteiger charge is 2.16. The summed E-state index contributed by atoms with van der Waals surface area (Å²) in [5.74, 6) is 0.949. The zero-order valence-corrected chi connectivity index (χ0v) is 13.7. The van der Waals surface area contributed by atoms with Crippen LogP contribution < -0.4 is 4.43 Å². The van der Waals surface area contributed by atoms with E-state index >= 15 is 0 Å². The first-order valence-corrected chi connectivity index (χ1v) is 10.3. The molecule has 0 aliphatic carbocycles. The van der Waals surface area contributed by atoms with Crippen LogP contribution in [0.4, 0.5) is 0 Å². The maximum absolute atomic E-state index is 5.97. The molecule has 0 aliphatic heterocycles. The first-order chi connectivity index (χ1) is 9.35. The highest BCUT2D eigenvalue weighted by Crippen LogP contribution is 2.25. The summed E-state index contributed by atoms with van der Waals surface area (Å²) in [6.45, 7) is 12.9. The van der Waals surface area contributed by atoms with E-state index < -0.39 is 8.32 Å². The van der Waals surface area contributed by atoms with Gasteiger partial charge in [-0.05, 0) is 55.4 Å². The molecule has 104 valence electrons. The molecule has 0 unspecified atom stereocenters. The van der Waals surface area contributed by atoms with Crippen molar-refractivity contribution < 1.29 is 4.43 Å². The van der Waals surface area contributed by atoms with E-state index in [1.807, 2.05) is 12.1 Å². The summed E-state index contributed by atoms with van der Waals surface area (Å²) < 4.78 is 5.97. The van der Waals surface area contributed by atoms with Gasteiger partial charge in [0.15, 0.2) is 0 Å². The van der Waals surface area contributed by atoms with Crippen LogP contribution in [0.5, 0.6) is 5.75 Å². The molecule has 0 radical (unpaired) electrons. The van der Waals surface area contributed by atoms with Gasteiger partial charge in [-0.25, -0.2) is 0 Å². The number of aryl methyl sites for hydroxylation is 1. The van der Waals surface area contributed by atoms with Crippen molar-refractivity contribution in [2.24, 2.45) is 0 Å². The lowest BCUT2D eigenvalue weighted by atomic mass is 9.98. The molecular weight excluding hydrogens is 260 g/mol. The highest BCUT2D eigenvalue weighted by atomic mass is 28.4. The molecule has 0 atom stereocenters. The monoisotopic (exact) mass is 282 g/mol. The lowest BCUT2D eigenvalue weighted by Gasteiger charge is -2.19. The maximum Gasteiger partial charge on any atom is 0.242 e. The van der Waals surface area contributed by atoms with E-state index in [4.69, 9.17) is 4.43 Å². The molecule has 0 heterocycles. The summed E-state index contributed by atoms with van der Waals surface area (Å²) in [7, 11) is -1.54. The van der Waals surface area contributed by atoms with E-state index in [0.29, 0.717) is 0 Å². The molecule has 0 spiro atoms. The van der Waals surface area contributed by atoms with E-state index in [-0.39, 0.29) is 0 Å². The summed E-state index contributed by atoms with van der Waals surface area (Å²) >= 11 is 0. The van der Waals surface area contributed by atoms with Crippen LogP contribution in [0.3, 0.4) is 0 Å². The van der Waals surface area contributed by atoms with Gasteiger partial charge in [0.05, 0.1) is 0 Å². The van der Waals surface area contributed by atoms with Crippen LogP contribution in [0.15, 0.2) is 55.1 Å². The Hall–Kier alpha value is -1.80. The molecule has 0 saturated heterocycles. The fourth-order valence-electron chi connectivity index (χ4n) is 2.08. The highest BCUT2D eigenvalue weighted by molar-refractivity contribution is 6.70. The third kappa shape index (κ3) is 3.84. The van der Waals surface area contributed by atoms with E-state index in [1.54, 1.807) is 0 Å². The van der Waals surface area contributed by atoms with Gasteiger partial charge in [0.1, 0.15) is 5.75 Å². The zero-order valence-electron chi connectivity index (χ0n) is 12.7. The standard InChI is InChI=1S/C18H22OSi/c1-14-7-6-8-17(13-14)15(2)16-9-11-18(12-10-16)19-20(3,4)5/h6-13H,2H2,1,3-5H3. The lowest BCUT2D eigenvalue weighted by molar-refractivity contribution is 0.557. The van der Waals surface area contributed by atoms with Crippen LogP contribution in [-0.4, -0.2) is 8.32 Å². The molecule has 2 aromatic carbocycles. The molecule has 2 aromatic rings. The minimum Gasteiger partial charge on any atom is -0.544 e. The Morgan fingerprint density at radius 3 is 2.15 bits per heavy atom. The normalized spacial score (nSPS) is 11.2. The molecule has 0 fully saturated rings. The van der Waals surface area contributed by atoms with Gasteiger partial charge in [-0.3, -0.25) is 0 Å². The van der Waals surface area contributed by atoms with Crippen LogP contribution >= 0.6 is 0 Å². The Kier molecular flexibility index (Phi) is 4.14. The molecule has 2 rings (SSSR count). The van der Waals surface area contributed by atoms with Crippen molar-refractivity contribution in [1.82, 2.24) is 0 Å². The number of hydrogen-bond donors (Lipinski definition) is 0. The third-order valence-corrected chi connectivity index (χ3v) is 3.84. The second-order valence-electron chi connectivity index (χ2n) is 6.09. The molecule has 1 nitrogen and oxygen atoms in total. The average Bonchev–Trinajstić information content (AvgIpc) is 2.37. The number of hydrogen-bond acceptors (Lipinski definition) is 1. The number of rotatable bonds is 4. The lowest BCUT2D eigenvalue weighted by Crippen LogP contribution is -2.29. The van der Waals surface area contributed by atoms with Gasteiger partial charge in [0.25, 0.3) is 0 Å². The Labute approximate surface area is 123 Å². The van der Waals surface area contributed by atoms with Gasteiger partial charge < -0.3 is 4.43 Å². The molecule has 0 bridgehead atoms. The van der Waals surface area contributed by atoms with Gasteiger partial charge in [-0.15, -0.1) is 0 Å². The average molecular weight is 282 g/mol. The van der Waals surface area contributed by atoms with Crippen LogP contribution in [-0.2, 0) is 0 Å². The predicted octanol–water partition coefficient (Wildman–Crippen LogP) is 5.27. The Bertz CT molecular complexity index is 606. The first-order valence-electron chi connectivity index (χ1n) is 6.90. The second kappa shape index (κ2) is 5.67. The molecule has 2 heteroatoms. The maximum atomic E-state index is 5.97. The van der Waals surface area contributed by atoms with E-state index in [1.165, 1.54) is 11.1 Å². The van der Waals surface area contributed by atoms with Crippen molar-refractivity contribution in [2.45, 2.75) is 26.6 Å². The molecule has 0 amide bonds. The largest absolute Gasteiger partial charge is 0.544 e. The first kappa shape index (κ1) is 14.6. The SMILES string of the molecule is C=C(c1ccc(O[Si](C)(C)C)cc1)c1cccc(C)c1. The summed E-state index contributed by atoms with van der Waals surface area (Å²) in [5, 5.41) is 0. The molecule has 20 heavy (non-hydrogen) atoms. The van der Waals surface area contributed by atoms with Gasteiger partial charge >= 0.3 is 0 Å². The molecule has 0 saturated carbocycles. The van der Waals surface area contributed by atoms with Crippen LogP contribution in [0.1, 0.15) is 16.7 Å². The van der Waals surface area contributed by atoms with Crippen molar-refractivity contribution in [1.29, 1.82) is 0 Å². The summed E-state index contributed by atoms with van der Waals surface area (Å²) in [4.78, 5) is 0. The Morgan fingerprint density at radius 1 is 0.950 bits per heavy atom. The summed E-state index contributed by atoms with van der Waals surface area (Å²) in [5.41, 5.74) is 4.61. The van der Waals surface area contributed by atoms with E-state index in [2.05, 4.69) is 69.5 Å². The second-order valence-corrected chi connectivity index (χ2v) is 10.5. The molecule has 0 N–H and O–H groups in total. The fraction of sp³-hybridized carbons (Fsp3) is 0.222. The van der Waals surface area contributed by atoms with Crippen LogP contribution in [0.25, 0.3) is 5.57 Å². The number of benzene rings is 2. The summed E-state index contributed by atoms with van der Waals surface area (Å²) in [6.07, 6.45) is 0. The third-order valence-electron chi connectivity index (χ3n) is 2.99. The van der Waals surface area contributed by atoms with Crippen molar-refractivity contribution in [3.63, 3.8) is 0 Å². The van der Waals surface area contributed by atoms with Gasteiger partial charge in [0.2, 0.25) is 8.32 Å². The Morgan fingerprint density at radius 2 is 1.60 bits per heavy atom. The minimum absolute atomic E-state index is 0.949. The van der Waals surface area contributed by atoms with Crippen molar-refractivity contribution in [3.8, 4) is 5.75 Å². The molecule has 0 aliphatic rings. The predicted molar refractivity (Wildman–Crippen MR) is 89.7 cm³/mol. The van der Waals surface area contributed by atoms with Gasteiger partial charge in [-0.1, -0.05) is 48.5 Å². The van der Waals surface area contributed by atoms with Gasteiger partial charge in [-0.2, -0.15) is 0 Å². The van der Waals surface area contributed by atoms with E-state index in [0.717, 1.165) is 16.9 Å². The quantitative estimate of drug-likeness (QED) is 0.694. The van der Waals surface area contributed by atoms with Gasteiger partial charge in [0, 0.05) is 0 Å². The van der Waals surface area contributed by atoms with Crippen molar-refractivity contribution in [2.75, 3.05) is 0 Å². The van der Waals surface area contributed by atoms with Crippen LogP contribution in [0.2, 0.25) is 19.6 Å². The molecule has 0 aromatic heterocycles. The topological polar surface area (TPSA) is 9.23 Å². The van der Waals surface area contributed by atoms with Crippen molar-refractivity contribution in [3.05, 3.63) is 71.8 Å².